The largest absolute Gasteiger partial charge is 0.433 e. The van der Waals surface area contributed by atoms with Gasteiger partial charge in [-0.15, -0.1) is 0 Å². The Hall–Kier alpha value is -1.60. The van der Waals surface area contributed by atoms with Gasteiger partial charge in [-0.3, -0.25) is 0 Å². The van der Waals surface area contributed by atoms with Gasteiger partial charge < -0.3 is 20.5 Å². The van der Waals surface area contributed by atoms with Crippen LogP contribution in [0.1, 0.15) is 19.3 Å². The van der Waals surface area contributed by atoms with Gasteiger partial charge in [0, 0.05) is 12.2 Å². The number of rotatable bonds is 5. The van der Waals surface area contributed by atoms with E-state index < -0.39 is 18.2 Å². The maximum Gasteiger partial charge on any atom is 0.387 e. The van der Waals surface area contributed by atoms with E-state index in [1.807, 2.05) is 0 Å². The van der Waals surface area contributed by atoms with Crippen LogP contribution < -0.4 is 15.4 Å². The highest BCUT2D eigenvalue weighted by Gasteiger charge is 2.34. The van der Waals surface area contributed by atoms with Crippen molar-refractivity contribution in [2.24, 2.45) is 0 Å². The Bertz CT molecular complexity index is 524. The number of hydrogen-bond acceptors (Lipinski definition) is 3. The second-order valence-electron chi connectivity index (χ2n) is 4.91. The number of nitrogens with one attached hydrogen (secondary N) is 2. The lowest BCUT2D eigenvalue weighted by Gasteiger charge is -2.36. The van der Waals surface area contributed by atoms with E-state index in [-0.39, 0.29) is 17.3 Å². The van der Waals surface area contributed by atoms with Crippen molar-refractivity contribution in [1.82, 2.24) is 5.32 Å². The van der Waals surface area contributed by atoms with Crippen molar-refractivity contribution in [3.63, 3.8) is 0 Å². The van der Waals surface area contributed by atoms with Crippen molar-refractivity contribution < 1.29 is 23.4 Å². The second kappa shape index (κ2) is 6.44. The molecule has 0 aromatic heterocycles. The number of halogens is 3. The van der Waals surface area contributed by atoms with E-state index in [0.717, 1.165) is 6.42 Å². The predicted molar refractivity (Wildman–Crippen MR) is 73.9 cm³/mol. The zero-order chi connectivity index (χ0) is 15.5. The van der Waals surface area contributed by atoms with Gasteiger partial charge in [0.25, 0.3) is 0 Å². The van der Waals surface area contributed by atoms with Crippen LogP contribution in [0.15, 0.2) is 18.2 Å². The van der Waals surface area contributed by atoms with Gasteiger partial charge in [0.2, 0.25) is 0 Å². The molecule has 0 radical (unpaired) electrons. The van der Waals surface area contributed by atoms with Gasteiger partial charge in [-0.2, -0.15) is 8.78 Å². The van der Waals surface area contributed by atoms with Gasteiger partial charge in [0.05, 0.1) is 10.6 Å². The minimum absolute atomic E-state index is 0.0364. The van der Waals surface area contributed by atoms with E-state index >= 15 is 0 Å². The van der Waals surface area contributed by atoms with Crippen LogP contribution in [-0.2, 0) is 0 Å². The monoisotopic (exact) mass is 320 g/mol. The molecule has 1 aromatic rings. The lowest BCUT2D eigenvalue weighted by Crippen LogP contribution is -2.48. The average Bonchev–Trinajstić information content (AvgIpc) is 2.37. The summed E-state index contributed by atoms with van der Waals surface area (Å²) >= 11 is 5.77. The third-order valence-corrected chi connectivity index (χ3v) is 3.56. The molecule has 21 heavy (non-hydrogen) atoms. The van der Waals surface area contributed by atoms with Crippen LogP contribution in [0, 0.1) is 0 Å². The van der Waals surface area contributed by atoms with Gasteiger partial charge in [-0.1, -0.05) is 11.6 Å². The summed E-state index contributed by atoms with van der Waals surface area (Å²) in [6, 6.07) is 3.43. The first-order valence-corrected chi connectivity index (χ1v) is 6.77. The Morgan fingerprint density at radius 1 is 1.48 bits per heavy atom. The summed E-state index contributed by atoms with van der Waals surface area (Å²) in [6.07, 6.45) is 2.28. The van der Waals surface area contributed by atoms with Crippen molar-refractivity contribution in [3.8, 4) is 5.75 Å². The summed E-state index contributed by atoms with van der Waals surface area (Å²) in [5.41, 5.74) is -0.482. The molecule has 1 aromatic carbocycles. The van der Waals surface area contributed by atoms with Crippen molar-refractivity contribution >= 4 is 23.3 Å². The minimum Gasteiger partial charge on any atom is -0.433 e. The highest BCUT2D eigenvalue weighted by Crippen LogP contribution is 2.31. The number of amides is 2. The number of urea groups is 1. The number of aliphatic hydroxyl groups is 1. The Morgan fingerprint density at radius 2 is 2.19 bits per heavy atom. The van der Waals surface area contributed by atoms with Crippen LogP contribution in [-0.4, -0.2) is 29.9 Å². The van der Waals surface area contributed by atoms with Crippen LogP contribution in [0.25, 0.3) is 0 Å². The van der Waals surface area contributed by atoms with E-state index in [9.17, 15) is 18.7 Å². The fourth-order valence-electron chi connectivity index (χ4n) is 1.95. The number of carbonyl (C=O) groups excluding carboxylic acids is 1. The number of hydrogen-bond donors (Lipinski definition) is 3. The standard InChI is InChI=1S/C13H15ClF2N2O3/c14-9-6-8(2-3-10(9)21-11(15)16)18-12(19)17-7-13(20)4-1-5-13/h2-3,6,11,20H,1,4-5,7H2,(H2,17,18,19). The Balaban J connectivity index is 1.87. The van der Waals surface area contributed by atoms with E-state index in [1.54, 1.807) is 0 Å². The number of benzene rings is 1. The SMILES string of the molecule is O=C(NCC1(O)CCC1)Nc1ccc(OC(F)F)c(Cl)c1. The third kappa shape index (κ3) is 4.44. The number of alkyl halides is 2. The molecule has 2 amide bonds. The first kappa shape index (κ1) is 15.8. The maximum absolute atomic E-state index is 12.1. The third-order valence-electron chi connectivity index (χ3n) is 3.27. The summed E-state index contributed by atoms with van der Waals surface area (Å²) in [5.74, 6) is -0.165. The quantitative estimate of drug-likeness (QED) is 0.781. The molecule has 1 aliphatic carbocycles. The molecule has 0 bridgehead atoms. The summed E-state index contributed by atoms with van der Waals surface area (Å²) in [7, 11) is 0. The highest BCUT2D eigenvalue weighted by atomic mass is 35.5. The predicted octanol–water partition coefficient (Wildman–Crippen LogP) is 2.98. The molecule has 1 aliphatic rings. The van der Waals surface area contributed by atoms with Crippen LogP contribution in [0.3, 0.4) is 0 Å². The maximum atomic E-state index is 12.1. The Labute approximate surface area is 125 Å². The van der Waals surface area contributed by atoms with Gasteiger partial charge >= 0.3 is 12.6 Å². The summed E-state index contributed by atoms with van der Waals surface area (Å²) in [4.78, 5) is 11.6. The van der Waals surface area contributed by atoms with E-state index in [1.165, 1.54) is 18.2 Å². The molecule has 1 fully saturated rings. The second-order valence-corrected chi connectivity index (χ2v) is 5.32. The fourth-order valence-corrected chi connectivity index (χ4v) is 2.18. The molecule has 1 saturated carbocycles. The lowest BCUT2D eigenvalue weighted by atomic mass is 9.80. The van der Waals surface area contributed by atoms with Crippen LogP contribution in [0.4, 0.5) is 19.3 Å². The first-order chi connectivity index (χ1) is 9.88. The van der Waals surface area contributed by atoms with Crippen molar-refractivity contribution in [2.45, 2.75) is 31.5 Å². The van der Waals surface area contributed by atoms with E-state index in [0.29, 0.717) is 18.5 Å². The zero-order valence-electron chi connectivity index (χ0n) is 11.0. The summed E-state index contributed by atoms with van der Waals surface area (Å²) in [6.45, 7) is -2.80. The van der Waals surface area contributed by atoms with Crippen LogP contribution in [0.2, 0.25) is 5.02 Å². The molecular formula is C13H15ClF2N2O3. The van der Waals surface area contributed by atoms with Crippen molar-refractivity contribution in [3.05, 3.63) is 23.2 Å². The van der Waals surface area contributed by atoms with Gasteiger partial charge in [-0.25, -0.2) is 4.79 Å². The van der Waals surface area contributed by atoms with Crippen LogP contribution in [0.5, 0.6) is 5.75 Å². The number of anilines is 1. The van der Waals surface area contributed by atoms with Crippen molar-refractivity contribution in [2.75, 3.05) is 11.9 Å². The molecule has 0 unspecified atom stereocenters. The Morgan fingerprint density at radius 3 is 2.71 bits per heavy atom. The van der Waals surface area contributed by atoms with E-state index in [2.05, 4.69) is 15.4 Å². The molecule has 0 saturated heterocycles. The molecule has 2 rings (SSSR count). The average molecular weight is 321 g/mol. The van der Waals surface area contributed by atoms with Gasteiger partial charge in [0.15, 0.2) is 0 Å². The molecule has 0 spiro atoms. The smallest absolute Gasteiger partial charge is 0.387 e. The molecular weight excluding hydrogens is 306 g/mol. The first-order valence-electron chi connectivity index (χ1n) is 6.40. The molecule has 3 N–H and O–H groups in total. The molecule has 116 valence electrons. The minimum atomic E-state index is -2.96. The molecule has 0 atom stereocenters. The highest BCUT2D eigenvalue weighted by molar-refractivity contribution is 6.32. The van der Waals surface area contributed by atoms with Crippen LogP contribution >= 0.6 is 11.6 Å². The number of ether oxygens (including phenoxy) is 1. The van der Waals surface area contributed by atoms with E-state index in [4.69, 9.17) is 11.6 Å². The molecule has 5 nitrogen and oxygen atoms in total. The summed E-state index contributed by atoms with van der Waals surface area (Å²) in [5, 5.41) is 14.8. The normalized spacial score (nSPS) is 16.2. The lowest BCUT2D eigenvalue weighted by molar-refractivity contribution is -0.0497. The fraction of sp³-hybridized carbons (Fsp3) is 0.462. The topological polar surface area (TPSA) is 70.6 Å². The Kier molecular flexibility index (Phi) is 4.84. The van der Waals surface area contributed by atoms with Gasteiger partial charge in [-0.05, 0) is 37.5 Å². The zero-order valence-corrected chi connectivity index (χ0v) is 11.8. The molecule has 8 heteroatoms. The number of carbonyl (C=O) groups is 1. The summed E-state index contributed by atoms with van der Waals surface area (Å²) < 4.78 is 28.3. The molecule has 0 aliphatic heterocycles. The molecule has 0 heterocycles. The van der Waals surface area contributed by atoms with Crippen molar-refractivity contribution in [1.29, 1.82) is 0 Å². The van der Waals surface area contributed by atoms with Gasteiger partial charge in [0.1, 0.15) is 5.75 Å².